The van der Waals surface area contributed by atoms with Crippen LogP contribution >= 0.6 is 0 Å². The molecule has 36 heavy (non-hydrogen) atoms. The maximum absolute atomic E-state index is 13.1. The van der Waals surface area contributed by atoms with Gasteiger partial charge in [-0.15, -0.1) is 0 Å². The smallest absolute Gasteiger partial charge is 0.256 e. The first-order valence-electron chi connectivity index (χ1n) is 11.5. The molecule has 2 fully saturated rings. The number of anilines is 1. The normalized spacial score (nSPS) is 21.2. The van der Waals surface area contributed by atoms with Gasteiger partial charge in [-0.3, -0.25) is 14.9 Å². The minimum atomic E-state index is -3.67. The quantitative estimate of drug-likeness (QED) is 0.447. The second kappa shape index (κ2) is 9.85. The molecule has 2 saturated heterocycles. The average molecular weight is 515 g/mol. The largest absolute Gasteiger partial charge is 0.463 e. The van der Waals surface area contributed by atoms with E-state index in [1.54, 1.807) is 18.2 Å². The number of sulfonamides is 1. The lowest BCUT2D eigenvalue weighted by atomic mass is 10.2. The molecule has 0 aliphatic carbocycles. The van der Waals surface area contributed by atoms with Crippen molar-refractivity contribution in [1.29, 1.82) is 0 Å². The zero-order chi connectivity index (χ0) is 25.3. The highest BCUT2D eigenvalue weighted by Gasteiger charge is 2.29. The van der Waals surface area contributed by atoms with Crippen LogP contribution in [0.4, 0.5) is 5.82 Å². The Morgan fingerprint density at radius 2 is 1.92 bits per heavy atom. The van der Waals surface area contributed by atoms with Crippen molar-refractivity contribution >= 4 is 27.7 Å². The number of rotatable bonds is 6. The Kier molecular flexibility index (Phi) is 6.62. The fourth-order valence-corrected chi connectivity index (χ4v) is 5.53. The molecule has 0 saturated carbocycles. The summed E-state index contributed by atoms with van der Waals surface area (Å²) in [4.78, 5) is 25.3. The van der Waals surface area contributed by atoms with Crippen molar-refractivity contribution in [3.8, 4) is 11.5 Å². The SMILES string of the molecule is CC1CC(=O)NC(n2nc(-c3ccco3)cc2NC(=O)c2ccc(S(=O)(=O)N3CCOCC3)cc2)N1. The van der Waals surface area contributed by atoms with Crippen molar-refractivity contribution < 1.29 is 27.2 Å². The number of hydrogen-bond donors (Lipinski definition) is 3. The summed E-state index contributed by atoms with van der Waals surface area (Å²) in [5.41, 5.74) is 0.730. The van der Waals surface area contributed by atoms with Gasteiger partial charge in [-0.05, 0) is 43.3 Å². The molecule has 2 unspecified atom stereocenters. The van der Waals surface area contributed by atoms with Crippen LogP contribution in [0.25, 0.3) is 11.5 Å². The number of morpholine rings is 1. The van der Waals surface area contributed by atoms with Crippen LogP contribution in [0.15, 0.2) is 58.0 Å². The lowest BCUT2D eigenvalue weighted by molar-refractivity contribution is -0.125. The average Bonchev–Trinajstić information content (AvgIpc) is 3.54. The molecule has 2 aliphatic heterocycles. The first kappa shape index (κ1) is 24.2. The zero-order valence-electron chi connectivity index (χ0n) is 19.5. The topological polar surface area (TPSA) is 148 Å². The van der Waals surface area contributed by atoms with E-state index in [0.717, 1.165) is 0 Å². The van der Waals surface area contributed by atoms with Crippen molar-refractivity contribution in [3.05, 3.63) is 54.3 Å². The Hall–Kier alpha value is -3.52. The number of amides is 2. The highest BCUT2D eigenvalue weighted by molar-refractivity contribution is 7.89. The highest BCUT2D eigenvalue weighted by Crippen LogP contribution is 2.26. The molecule has 4 heterocycles. The maximum Gasteiger partial charge on any atom is 0.256 e. The molecule has 2 amide bonds. The van der Waals surface area contributed by atoms with Gasteiger partial charge in [0.15, 0.2) is 12.0 Å². The number of furan rings is 1. The van der Waals surface area contributed by atoms with Gasteiger partial charge < -0.3 is 19.8 Å². The molecule has 0 radical (unpaired) electrons. The zero-order valence-corrected chi connectivity index (χ0v) is 20.3. The molecule has 1 aromatic carbocycles. The van der Waals surface area contributed by atoms with E-state index in [1.165, 1.54) is 39.5 Å². The predicted molar refractivity (Wildman–Crippen MR) is 128 cm³/mol. The Balaban J connectivity index is 1.38. The molecule has 3 aromatic rings. The van der Waals surface area contributed by atoms with E-state index in [-0.39, 0.29) is 35.5 Å². The summed E-state index contributed by atoms with van der Waals surface area (Å²) in [6.07, 6.45) is 1.16. The number of aromatic nitrogens is 2. The summed E-state index contributed by atoms with van der Waals surface area (Å²) in [5.74, 6) is 0.212. The molecule has 12 nitrogen and oxygen atoms in total. The number of carbonyl (C=O) groups excluding carboxylic acids is 2. The molecule has 0 bridgehead atoms. The molecule has 5 rings (SSSR count). The van der Waals surface area contributed by atoms with Gasteiger partial charge in [-0.1, -0.05) is 0 Å². The summed E-state index contributed by atoms with van der Waals surface area (Å²) in [6.45, 7) is 3.16. The monoisotopic (exact) mass is 514 g/mol. The van der Waals surface area contributed by atoms with E-state index in [9.17, 15) is 18.0 Å². The molecule has 2 aromatic heterocycles. The fourth-order valence-electron chi connectivity index (χ4n) is 4.12. The highest BCUT2D eigenvalue weighted by atomic mass is 32.2. The molecule has 190 valence electrons. The summed E-state index contributed by atoms with van der Waals surface area (Å²) < 4.78 is 39.2. The fraction of sp³-hybridized carbons (Fsp3) is 0.348. The molecule has 13 heteroatoms. The minimum absolute atomic E-state index is 0.0930. The summed E-state index contributed by atoms with van der Waals surface area (Å²) in [6, 6.07) is 10.7. The van der Waals surface area contributed by atoms with Crippen LogP contribution in [-0.4, -0.2) is 66.7 Å². The van der Waals surface area contributed by atoms with Crippen LogP contribution in [0.5, 0.6) is 0 Å². The second-order valence-electron chi connectivity index (χ2n) is 8.57. The number of nitrogens with zero attached hydrogens (tertiary/aromatic N) is 3. The molecule has 2 atom stereocenters. The number of benzene rings is 1. The summed E-state index contributed by atoms with van der Waals surface area (Å²) in [5, 5.41) is 13.4. The van der Waals surface area contributed by atoms with Gasteiger partial charge in [0, 0.05) is 37.2 Å². The Morgan fingerprint density at radius 1 is 1.17 bits per heavy atom. The second-order valence-corrected chi connectivity index (χ2v) is 10.5. The van der Waals surface area contributed by atoms with E-state index in [1.807, 2.05) is 6.92 Å². The van der Waals surface area contributed by atoms with Crippen LogP contribution in [0.2, 0.25) is 0 Å². The van der Waals surface area contributed by atoms with E-state index in [4.69, 9.17) is 9.15 Å². The lowest BCUT2D eigenvalue weighted by Gasteiger charge is -2.30. The van der Waals surface area contributed by atoms with E-state index < -0.39 is 22.2 Å². The van der Waals surface area contributed by atoms with Gasteiger partial charge in [-0.2, -0.15) is 9.40 Å². The van der Waals surface area contributed by atoms with Crippen LogP contribution in [0.1, 0.15) is 30.0 Å². The maximum atomic E-state index is 13.1. The van der Waals surface area contributed by atoms with Gasteiger partial charge in [0.1, 0.15) is 11.5 Å². The van der Waals surface area contributed by atoms with Crippen molar-refractivity contribution in [3.63, 3.8) is 0 Å². The van der Waals surface area contributed by atoms with Crippen LogP contribution in [0.3, 0.4) is 0 Å². The van der Waals surface area contributed by atoms with Gasteiger partial charge >= 0.3 is 0 Å². The van der Waals surface area contributed by atoms with Crippen LogP contribution in [0, 0.1) is 0 Å². The Labute approximate surface area is 207 Å². The van der Waals surface area contributed by atoms with E-state index >= 15 is 0 Å². The van der Waals surface area contributed by atoms with Gasteiger partial charge in [0.2, 0.25) is 15.9 Å². The third-order valence-electron chi connectivity index (χ3n) is 5.95. The summed E-state index contributed by atoms with van der Waals surface area (Å²) in [7, 11) is -3.67. The number of hydrogen-bond acceptors (Lipinski definition) is 8. The molecular formula is C23H26N6O6S. The lowest BCUT2D eigenvalue weighted by Crippen LogP contribution is -2.52. The minimum Gasteiger partial charge on any atom is -0.463 e. The van der Waals surface area contributed by atoms with Crippen molar-refractivity contribution in [2.75, 3.05) is 31.6 Å². The molecule has 0 spiro atoms. The molecular weight excluding hydrogens is 488 g/mol. The van der Waals surface area contributed by atoms with E-state index in [0.29, 0.717) is 36.9 Å². The van der Waals surface area contributed by atoms with Crippen LogP contribution in [-0.2, 0) is 19.6 Å². The summed E-state index contributed by atoms with van der Waals surface area (Å²) >= 11 is 0. The Bertz CT molecular complexity index is 1350. The van der Waals surface area contributed by atoms with Crippen molar-refractivity contribution in [2.45, 2.75) is 30.6 Å². The predicted octanol–water partition coefficient (Wildman–Crippen LogP) is 1.37. The molecule has 3 N–H and O–H groups in total. The third kappa shape index (κ3) is 4.91. The van der Waals surface area contributed by atoms with Crippen molar-refractivity contribution in [2.24, 2.45) is 0 Å². The van der Waals surface area contributed by atoms with E-state index in [2.05, 4.69) is 21.0 Å². The standard InChI is InChI=1S/C23H26N6O6S/c1-15-13-21(30)26-23(24-15)29-20(14-18(27-29)19-3-2-10-35-19)25-22(31)16-4-6-17(7-5-16)36(32,33)28-8-11-34-12-9-28/h2-7,10,14-15,23-24H,8-9,11-13H2,1H3,(H,25,31)(H,26,30). The van der Waals surface area contributed by atoms with Gasteiger partial charge in [-0.25, -0.2) is 13.1 Å². The number of carbonyl (C=O) groups is 2. The molecule has 2 aliphatic rings. The first-order valence-corrected chi connectivity index (χ1v) is 12.9. The first-order chi connectivity index (χ1) is 17.3. The number of nitrogens with one attached hydrogen (secondary N) is 3. The number of ether oxygens (including phenoxy) is 1. The van der Waals surface area contributed by atoms with Crippen LogP contribution < -0.4 is 16.0 Å². The van der Waals surface area contributed by atoms with Gasteiger partial charge in [0.25, 0.3) is 5.91 Å². The Morgan fingerprint density at radius 3 is 2.58 bits per heavy atom. The van der Waals surface area contributed by atoms with Crippen molar-refractivity contribution in [1.82, 2.24) is 24.7 Å². The van der Waals surface area contributed by atoms with Gasteiger partial charge in [0.05, 0.1) is 24.4 Å². The third-order valence-corrected chi connectivity index (χ3v) is 7.86.